The smallest absolute Gasteiger partial charge is 0.253 e. The van der Waals surface area contributed by atoms with Gasteiger partial charge in [0.2, 0.25) is 5.91 Å². The summed E-state index contributed by atoms with van der Waals surface area (Å²) in [6, 6.07) is 14.7. The lowest BCUT2D eigenvalue weighted by atomic mass is 10.1. The molecule has 1 fully saturated rings. The van der Waals surface area contributed by atoms with Crippen LogP contribution in [0.4, 0.5) is 5.69 Å². The summed E-state index contributed by atoms with van der Waals surface area (Å²) in [6.07, 6.45) is 7.74. The van der Waals surface area contributed by atoms with Gasteiger partial charge in [-0.1, -0.05) is 25.0 Å². The van der Waals surface area contributed by atoms with Crippen LogP contribution in [0.2, 0.25) is 0 Å². The lowest BCUT2D eigenvalue weighted by Gasteiger charge is -2.27. The molecule has 0 atom stereocenters. The Kier molecular flexibility index (Phi) is 6.84. The minimum absolute atomic E-state index is 0.148. The third-order valence-electron chi connectivity index (χ3n) is 5.58. The number of carbonyl (C=O) groups is 2. The van der Waals surface area contributed by atoms with Crippen molar-refractivity contribution >= 4 is 17.5 Å². The van der Waals surface area contributed by atoms with E-state index in [9.17, 15) is 9.59 Å². The summed E-state index contributed by atoms with van der Waals surface area (Å²) in [5, 5.41) is 5.75. The first-order valence-corrected chi connectivity index (χ1v) is 10.6. The highest BCUT2D eigenvalue weighted by Gasteiger charge is 2.25. The van der Waals surface area contributed by atoms with Crippen LogP contribution in [-0.4, -0.2) is 29.3 Å². The third-order valence-corrected chi connectivity index (χ3v) is 5.58. The fourth-order valence-corrected chi connectivity index (χ4v) is 4.03. The zero-order chi connectivity index (χ0) is 21.5. The average Bonchev–Trinajstić information content (AvgIpc) is 3.56. The fraction of sp³-hybridized carbons (Fsp3) is 0.333. The quantitative estimate of drug-likeness (QED) is 0.541. The predicted octanol–water partition coefficient (Wildman–Crippen LogP) is 4.19. The molecule has 1 aliphatic carbocycles. The predicted molar refractivity (Wildman–Crippen MR) is 116 cm³/mol. The number of hydrogen-bond acceptors (Lipinski definition) is 5. The number of para-hydroxylation sites is 1. The molecule has 4 rings (SSSR count). The second kappa shape index (κ2) is 10.1. The first-order valence-electron chi connectivity index (χ1n) is 10.6. The highest BCUT2D eigenvalue weighted by atomic mass is 16.3. The zero-order valence-electron chi connectivity index (χ0n) is 17.4. The van der Waals surface area contributed by atoms with Gasteiger partial charge in [-0.2, -0.15) is 0 Å². The average molecular weight is 421 g/mol. The molecule has 3 aromatic rings. The Hall–Kier alpha value is -3.32. The topological polar surface area (TPSA) is 87.7 Å². The third kappa shape index (κ3) is 5.64. The Bertz CT molecular complexity index is 976. The summed E-state index contributed by atoms with van der Waals surface area (Å²) in [5.41, 5.74) is 0.912. The maximum atomic E-state index is 12.9. The molecule has 0 radical (unpaired) electrons. The number of nitrogens with one attached hydrogen (secondary N) is 2. The van der Waals surface area contributed by atoms with Crippen molar-refractivity contribution in [2.24, 2.45) is 0 Å². The summed E-state index contributed by atoms with van der Waals surface area (Å²) in [6.45, 7) is 1.12. The van der Waals surface area contributed by atoms with E-state index in [1.54, 1.807) is 48.9 Å². The molecule has 1 aliphatic rings. The van der Waals surface area contributed by atoms with Gasteiger partial charge in [0.1, 0.15) is 11.5 Å². The molecule has 0 aliphatic heterocycles. The molecular formula is C24H27N3O4. The summed E-state index contributed by atoms with van der Waals surface area (Å²) in [7, 11) is 0. The van der Waals surface area contributed by atoms with Gasteiger partial charge >= 0.3 is 0 Å². The van der Waals surface area contributed by atoms with Crippen molar-refractivity contribution in [3.8, 4) is 0 Å². The highest BCUT2D eigenvalue weighted by molar-refractivity contribution is 6.04. The normalized spacial score (nSPS) is 14.1. The molecule has 2 amide bonds. The van der Waals surface area contributed by atoms with Crippen LogP contribution in [0.1, 0.15) is 47.6 Å². The Labute approximate surface area is 181 Å². The molecule has 0 saturated heterocycles. The molecule has 2 heterocycles. The molecule has 1 saturated carbocycles. The molecule has 7 heteroatoms. The highest BCUT2D eigenvalue weighted by Crippen LogP contribution is 2.25. The number of furan rings is 2. The van der Waals surface area contributed by atoms with Crippen molar-refractivity contribution in [3.63, 3.8) is 0 Å². The molecule has 0 bridgehead atoms. The monoisotopic (exact) mass is 421 g/mol. The van der Waals surface area contributed by atoms with Gasteiger partial charge in [0.05, 0.1) is 43.4 Å². The molecule has 7 nitrogen and oxygen atoms in total. The Morgan fingerprint density at radius 3 is 2.35 bits per heavy atom. The Morgan fingerprint density at radius 2 is 1.65 bits per heavy atom. The zero-order valence-corrected chi connectivity index (χ0v) is 17.4. The standard InChI is InChI=1S/C24H27N3O4/c28-23(17-27(18-7-1-2-8-18)16-20-10-6-14-31-20)26-22-12-4-3-11-21(22)24(29)25-15-19-9-5-13-30-19/h3-6,9-14,18H,1-2,7-8,15-17H2,(H,25,29)(H,26,28). The molecule has 2 N–H and O–H groups in total. The number of benzene rings is 1. The molecule has 2 aromatic heterocycles. The van der Waals surface area contributed by atoms with Crippen LogP contribution in [-0.2, 0) is 17.9 Å². The van der Waals surface area contributed by atoms with Gasteiger partial charge in [-0.3, -0.25) is 14.5 Å². The molecule has 162 valence electrons. The number of rotatable bonds is 9. The van der Waals surface area contributed by atoms with Crippen LogP contribution in [0, 0.1) is 0 Å². The van der Waals surface area contributed by atoms with Crippen LogP contribution < -0.4 is 10.6 Å². The molecule has 31 heavy (non-hydrogen) atoms. The van der Waals surface area contributed by atoms with E-state index in [1.165, 1.54) is 12.8 Å². The summed E-state index contributed by atoms with van der Waals surface area (Å²) in [4.78, 5) is 27.7. The van der Waals surface area contributed by atoms with Crippen molar-refractivity contribution in [2.45, 2.75) is 44.8 Å². The second-order valence-electron chi connectivity index (χ2n) is 7.78. The van der Waals surface area contributed by atoms with E-state index in [4.69, 9.17) is 8.83 Å². The molecular weight excluding hydrogens is 394 g/mol. The van der Waals surface area contributed by atoms with Crippen LogP contribution in [0.3, 0.4) is 0 Å². The lowest BCUT2D eigenvalue weighted by molar-refractivity contribution is -0.118. The maximum absolute atomic E-state index is 12.9. The van der Waals surface area contributed by atoms with E-state index < -0.39 is 0 Å². The van der Waals surface area contributed by atoms with Crippen LogP contribution >= 0.6 is 0 Å². The van der Waals surface area contributed by atoms with Crippen molar-refractivity contribution in [3.05, 3.63) is 78.1 Å². The number of nitrogens with zero attached hydrogens (tertiary/aromatic N) is 1. The van der Waals surface area contributed by atoms with Crippen molar-refractivity contribution in [1.82, 2.24) is 10.2 Å². The van der Waals surface area contributed by atoms with E-state index in [2.05, 4.69) is 15.5 Å². The van der Waals surface area contributed by atoms with E-state index in [0.29, 0.717) is 29.6 Å². The lowest BCUT2D eigenvalue weighted by Crippen LogP contribution is -2.39. The van der Waals surface area contributed by atoms with Crippen LogP contribution in [0.25, 0.3) is 0 Å². The number of carbonyl (C=O) groups excluding carboxylic acids is 2. The fourth-order valence-electron chi connectivity index (χ4n) is 4.03. The first-order chi connectivity index (χ1) is 15.2. The minimum Gasteiger partial charge on any atom is -0.468 e. The molecule has 0 spiro atoms. The molecule has 0 unspecified atom stereocenters. The van der Waals surface area contributed by atoms with E-state index in [-0.39, 0.29) is 24.9 Å². The van der Waals surface area contributed by atoms with Gasteiger partial charge in [-0.05, 0) is 49.2 Å². The molecule has 1 aromatic carbocycles. The van der Waals surface area contributed by atoms with Gasteiger partial charge < -0.3 is 19.5 Å². The van der Waals surface area contributed by atoms with Crippen molar-refractivity contribution in [1.29, 1.82) is 0 Å². The van der Waals surface area contributed by atoms with Crippen LogP contribution in [0.15, 0.2) is 69.9 Å². The summed E-state index contributed by atoms with van der Waals surface area (Å²) < 4.78 is 10.7. The maximum Gasteiger partial charge on any atom is 0.253 e. The Morgan fingerprint density at radius 1 is 0.935 bits per heavy atom. The summed E-state index contributed by atoms with van der Waals surface area (Å²) in [5.74, 6) is 1.10. The van der Waals surface area contributed by atoms with Crippen molar-refractivity contribution < 1.29 is 18.4 Å². The largest absolute Gasteiger partial charge is 0.468 e. The van der Waals surface area contributed by atoms with Gasteiger partial charge in [-0.15, -0.1) is 0 Å². The van der Waals surface area contributed by atoms with Gasteiger partial charge in [-0.25, -0.2) is 0 Å². The van der Waals surface area contributed by atoms with Gasteiger partial charge in [0.15, 0.2) is 0 Å². The summed E-state index contributed by atoms with van der Waals surface area (Å²) >= 11 is 0. The number of amides is 2. The first kappa shape index (κ1) is 20.9. The van der Waals surface area contributed by atoms with Crippen molar-refractivity contribution in [2.75, 3.05) is 11.9 Å². The van der Waals surface area contributed by atoms with E-state index in [1.807, 2.05) is 12.1 Å². The van der Waals surface area contributed by atoms with E-state index >= 15 is 0 Å². The minimum atomic E-state index is -0.268. The Balaban J connectivity index is 1.40. The van der Waals surface area contributed by atoms with E-state index in [0.717, 1.165) is 18.6 Å². The number of anilines is 1. The van der Waals surface area contributed by atoms with Gasteiger partial charge in [0.25, 0.3) is 5.91 Å². The van der Waals surface area contributed by atoms with Gasteiger partial charge in [0, 0.05) is 6.04 Å². The second-order valence-corrected chi connectivity index (χ2v) is 7.78. The SMILES string of the molecule is O=C(CN(Cc1ccco1)C1CCCC1)Nc1ccccc1C(=O)NCc1ccco1. The number of hydrogen-bond donors (Lipinski definition) is 2. The van der Waals surface area contributed by atoms with Crippen LogP contribution in [0.5, 0.6) is 0 Å².